The van der Waals surface area contributed by atoms with E-state index < -0.39 is 10.5 Å². The number of nitriles is 1. The fourth-order valence-corrected chi connectivity index (χ4v) is 3.59. The zero-order valence-corrected chi connectivity index (χ0v) is 15.9. The van der Waals surface area contributed by atoms with Gasteiger partial charge in [-0.15, -0.1) is 11.3 Å². The van der Waals surface area contributed by atoms with Crippen LogP contribution in [0.15, 0.2) is 63.1 Å². The maximum absolute atomic E-state index is 12.4. The van der Waals surface area contributed by atoms with Crippen molar-refractivity contribution in [2.24, 2.45) is 0 Å². The molecule has 0 aliphatic carbocycles. The summed E-state index contributed by atoms with van der Waals surface area (Å²) >= 11 is 1.18. The first-order chi connectivity index (χ1) is 14.4. The van der Waals surface area contributed by atoms with Gasteiger partial charge in [-0.3, -0.25) is 10.1 Å². The number of hydrogen-bond acceptors (Lipinski definition) is 8. The predicted octanol–water partition coefficient (Wildman–Crippen LogP) is 4.59. The Bertz CT molecular complexity index is 1410. The lowest BCUT2D eigenvalue weighted by atomic mass is 10.1. The van der Waals surface area contributed by atoms with E-state index in [1.165, 1.54) is 47.7 Å². The standard InChI is InChI=1S/C21H11N3O5S/c22-10-14(7-12-1-4-16(25)5-2-12)20-23-18(11-30-20)17-9-13-8-15(24(27)28)3-6-19(13)29-21(17)26/h1-9,11,25H/b14-7-. The lowest BCUT2D eigenvalue weighted by molar-refractivity contribution is -0.384. The average Bonchev–Trinajstić information content (AvgIpc) is 3.22. The topological polar surface area (TPSA) is 130 Å². The van der Waals surface area contributed by atoms with Gasteiger partial charge in [0, 0.05) is 22.9 Å². The first-order valence-electron chi connectivity index (χ1n) is 8.54. The second-order valence-electron chi connectivity index (χ2n) is 6.23. The number of benzene rings is 2. The van der Waals surface area contributed by atoms with Crippen LogP contribution in [0.2, 0.25) is 0 Å². The number of allylic oxidation sites excluding steroid dienone is 1. The molecule has 4 rings (SSSR count). The van der Waals surface area contributed by atoms with Gasteiger partial charge in [0.2, 0.25) is 0 Å². The van der Waals surface area contributed by atoms with Gasteiger partial charge in [0.15, 0.2) is 0 Å². The van der Waals surface area contributed by atoms with Crippen LogP contribution in [-0.4, -0.2) is 15.0 Å². The van der Waals surface area contributed by atoms with Crippen molar-refractivity contribution in [2.75, 3.05) is 0 Å². The molecule has 8 nitrogen and oxygen atoms in total. The molecule has 0 atom stereocenters. The Morgan fingerprint density at radius 1 is 1.23 bits per heavy atom. The fraction of sp³-hybridized carbons (Fsp3) is 0. The molecule has 2 aromatic carbocycles. The molecule has 0 spiro atoms. The van der Waals surface area contributed by atoms with Crippen LogP contribution in [0.3, 0.4) is 0 Å². The molecule has 0 fully saturated rings. The summed E-state index contributed by atoms with van der Waals surface area (Å²) in [6.07, 6.45) is 1.62. The van der Waals surface area contributed by atoms with E-state index in [2.05, 4.69) is 11.1 Å². The Morgan fingerprint density at radius 3 is 2.70 bits per heavy atom. The van der Waals surface area contributed by atoms with Crippen molar-refractivity contribution in [1.82, 2.24) is 4.98 Å². The monoisotopic (exact) mass is 417 g/mol. The molecule has 0 saturated heterocycles. The molecule has 2 heterocycles. The van der Waals surface area contributed by atoms with Crippen LogP contribution in [0.25, 0.3) is 33.9 Å². The van der Waals surface area contributed by atoms with Gasteiger partial charge in [-0.2, -0.15) is 5.26 Å². The lowest BCUT2D eigenvalue weighted by Gasteiger charge is -2.00. The van der Waals surface area contributed by atoms with Crippen molar-refractivity contribution in [1.29, 1.82) is 5.26 Å². The van der Waals surface area contributed by atoms with Gasteiger partial charge in [0.25, 0.3) is 5.69 Å². The van der Waals surface area contributed by atoms with Crippen molar-refractivity contribution in [3.63, 3.8) is 0 Å². The van der Waals surface area contributed by atoms with Crippen LogP contribution >= 0.6 is 11.3 Å². The Kier molecular flexibility index (Phi) is 4.83. The van der Waals surface area contributed by atoms with Gasteiger partial charge >= 0.3 is 5.63 Å². The van der Waals surface area contributed by atoms with Gasteiger partial charge in [-0.1, -0.05) is 12.1 Å². The Hall–Kier alpha value is -4.29. The van der Waals surface area contributed by atoms with E-state index in [0.29, 0.717) is 21.7 Å². The normalized spacial score (nSPS) is 11.4. The third kappa shape index (κ3) is 3.67. The van der Waals surface area contributed by atoms with Crippen molar-refractivity contribution in [3.05, 3.63) is 85.0 Å². The minimum absolute atomic E-state index is 0.116. The zero-order chi connectivity index (χ0) is 21.3. The highest BCUT2D eigenvalue weighted by molar-refractivity contribution is 7.11. The number of non-ortho nitro benzene ring substituents is 1. The van der Waals surface area contributed by atoms with Crippen LogP contribution in [0.1, 0.15) is 10.6 Å². The van der Waals surface area contributed by atoms with Crippen molar-refractivity contribution in [2.45, 2.75) is 0 Å². The van der Waals surface area contributed by atoms with Crippen molar-refractivity contribution < 1.29 is 14.4 Å². The van der Waals surface area contributed by atoms with Gasteiger partial charge < -0.3 is 9.52 Å². The van der Waals surface area contributed by atoms with E-state index in [-0.39, 0.29) is 28.2 Å². The van der Waals surface area contributed by atoms with Gasteiger partial charge in [-0.05, 0) is 35.9 Å². The molecule has 9 heteroatoms. The second kappa shape index (κ2) is 7.62. The third-order valence-corrected chi connectivity index (χ3v) is 5.14. The van der Waals surface area contributed by atoms with Gasteiger partial charge in [-0.25, -0.2) is 9.78 Å². The summed E-state index contributed by atoms with van der Waals surface area (Å²) in [5, 5.41) is 32.3. The number of aromatic hydroxyl groups is 1. The number of phenols is 1. The van der Waals surface area contributed by atoms with E-state index >= 15 is 0 Å². The first-order valence-corrected chi connectivity index (χ1v) is 9.42. The Morgan fingerprint density at radius 2 is 2.00 bits per heavy atom. The number of nitro benzene ring substituents is 1. The minimum Gasteiger partial charge on any atom is -0.508 e. The van der Waals surface area contributed by atoms with Crippen LogP contribution in [0.5, 0.6) is 5.75 Å². The molecule has 0 unspecified atom stereocenters. The maximum atomic E-state index is 12.4. The molecule has 4 aromatic rings. The van der Waals surface area contributed by atoms with Gasteiger partial charge in [0.05, 0.1) is 21.8 Å². The number of nitro groups is 1. The summed E-state index contributed by atoms with van der Waals surface area (Å²) in [7, 11) is 0. The van der Waals surface area contributed by atoms with E-state index in [4.69, 9.17) is 4.42 Å². The lowest BCUT2D eigenvalue weighted by Crippen LogP contribution is -2.03. The van der Waals surface area contributed by atoms with E-state index in [1.54, 1.807) is 23.6 Å². The van der Waals surface area contributed by atoms with Crippen LogP contribution in [-0.2, 0) is 0 Å². The largest absolute Gasteiger partial charge is 0.508 e. The molecule has 0 bridgehead atoms. The number of fused-ring (bicyclic) bond motifs is 1. The van der Waals surface area contributed by atoms with Crippen molar-refractivity contribution >= 4 is 39.6 Å². The summed E-state index contributed by atoms with van der Waals surface area (Å²) < 4.78 is 5.27. The smallest absolute Gasteiger partial charge is 0.345 e. The summed E-state index contributed by atoms with van der Waals surface area (Å²) in [5.74, 6) is 0.116. The summed E-state index contributed by atoms with van der Waals surface area (Å²) in [6.45, 7) is 0. The van der Waals surface area contributed by atoms with Crippen LogP contribution < -0.4 is 5.63 Å². The van der Waals surface area contributed by atoms with Crippen LogP contribution in [0.4, 0.5) is 5.69 Å². The molecule has 0 amide bonds. The average molecular weight is 417 g/mol. The summed E-state index contributed by atoms with van der Waals surface area (Å²) in [4.78, 5) is 27.2. The Labute approximate surface area is 172 Å². The zero-order valence-electron chi connectivity index (χ0n) is 15.1. The van der Waals surface area contributed by atoms with E-state index in [0.717, 1.165) is 0 Å². The predicted molar refractivity (Wildman–Crippen MR) is 112 cm³/mol. The van der Waals surface area contributed by atoms with Gasteiger partial charge in [0.1, 0.15) is 22.4 Å². The molecule has 0 aliphatic rings. The second-order valence-corrected chi connectivity index (χ2v) is 7.08. The van der Waals surface area contributed by atoms with Crippen molar-refractivity contribution in [3.8, 4) is 23.1 Å². The summed E-state index contributed by atoms with van der Waals surface area (Å²) in [5.41, 5.74) is 0.932. The molecular formula is C21H11N3O5S. The van der Waals surface area contributed by atoms with Crippen LogP contribution in [0, 0.1) is 21.4 Å². The highest BCUT2D eigenvalue weighted by atomic mass is 32.1. The highest BCUT2D eigenvalue weighted by Crippen LogP contribution is 2.28. The maximum Gasteiger partial charge on any atom is 0.345 e. The molecule has 0 aliphatic heterocycles. The molecule has 30 heavy (non-hydrogen) atoms. The number of rotatable bonds is 4. The number of thiazole rings is 1. The molecule has 146 valence electrons. The molecule has 0 radical (unpaired) electrons. The quantitative estimate of drug-likeness (QED) is 0.222. The molecule has 0 saturated carbocycles. The number of nitrogens with zero attached hydrogens (tertiary/aromatic N) is 3. The molecule has 2 aromatic heterocycles. The third-order valence-electron chi connectivity index (χ3n) is 4.26. The first kappa shape index (κ1) is 19.0. The summed E-state index contributed by atoms with van der Waals surface area (Å²) in [6, 6.07) is 13.9. The number of aromatic nitrogens is 1. The SMILES string of the molecule is N#C/C(=C/c1ccc(O)cc1)c1nc(-c2cc3cc([N+](=O)[O-])ccc3oc2=O)cs1. The molecule has 1 N–H and O–H groups in total. The van der Waals surface area contributed by atoms with E-state index in [1.807, 2.05) is 0 Å². The highest BCUT2D eigenvalue weighted by Gasteiger charge is 2.15. The van der Waals surface area contributed by atoms with E-state index in [9.17, 15) is 25.3 Å². The Balaban J connectivity index is 1.75. The number of phenolic OH excluding ortho intramolecular Hbond substituents is 1. The minimum atomic E-state index is -0.630. The number of hydrogen-bond donors (Lipinski definition) is 1. The fourth-order valence-electron chi connectivity index (χ4n) is 2.80. The molecular weight excluding hydrogens is 406 g/mol.